The van der Waals surface area contributed by atoms with Gasteiger partial charge in [-0.15, -0.1) is 17.8 Å². The van der Waals surface area contributed by atoms with E-state index in [1.165, 1.54) is 18.5 Å². The van der Waals surface area contributed by atoms with Crippen LogP contribution in [0.2, 0.25) is 0 Å². The summed E-state index contributed by atoms with van der Waals surface area (Å²) in [6.45, 7) is 0.805. The number of aromatic nitrogens is 1. The summed E-state index contributed by atoms with van der Waals surface area (Å²) in [6.07, 6.45) is 10.6. The fourth-order valence-electron chi connectivity index (χ4n) is 6.34. The molecular formula is C29H29F2N4O7PS. The number of likely N-dealkylation sites (tertiary alicyclic amines) is 1. The number of hydrogen-bond donors (Lipinski definition) is 3. The molecule has 3 atom stereocenters. The molecule has 0 unspecified atom stereocenters. The summed E-state index contributed by atoms with van der Waals surface area (Å²) in [5, 5.41) is 3.01. The van der Waals surface area contributed by atoms with E-state index >= 15 is 0 Å². The topological polar surface area (TPSA) is 153 Å². The number of nitrogens with zero attached hydrogens (tertiary/aromatic N) is 3. The van der Waals surface area contributed by atoms with Crippen molar-refractivity contribution in [3.05, 3.63) is 52.6 Å². The van der Waals surface area contributed by atoms with Gasteiger partial charge in [-0.1, -0.05) is 18.9 Å². The Labute approximate surface area is 254 Å². The van der Waals surface area contributed by atoms with Crippen molar-refractivity contribution in [2.75, 3.05) is 13.1 Å². The molecule has 0 spiro atoms. The summed E-state index contributed by atoms with van der Waals surface area (Å²) in [4.78, 5) is 66.4. The zero-order valence-electron chi connectivity index (χ0n) is 23.3. The Morgan fingerprint density at radius 2 is 1.91 bits per heavy atom. The number of hydrogen-bond acceptors (Lipinski definition) is 7. The number of terminal acetylenes is 1. The maximum absolute atomic E-state index is 14.2. The number of nitrogens with one attached hydrogen (secondary N) is 1. The zero-order valence-corrected chi connectivity index (χ0v) is 25.0. The Kier molecular flexibility index (Phi) is 7.86. The lowest BCUT2D eigenvalue weighted by Gasteiger charge is -2.42. The highest BCUT2D eigenvalue weighted by molar-refractivity contribution is 7.52. The third kappa shape index (κ3) is 5.32. The number of alkyl halides is 2. The first kappa shape index (κ1) is 30.4. The van der Waals surface area contributed by atoms with Gasteiger partial charge in [0, 0.05) is 29.4 Å². The summed E-state index contributed by atoms with van der Waals surface area (Å²) in [5.74, 6) is 1.92. The summed E-state index contributed by atoms with van der Waals surface area (Å²) in [6, 6.07) is 2.85. The number of carbonyl (C=O) groups excluding carboxylic acids is 3. The average Bonchev–Trinajstić information content (AvgIpc) is 3.69. The lowest BCUT2D eigenvalue weighted by atomic mass is 9.94. The molecule has 3 fully saturated rings. The molecule has 1 aromatic carbocycles. The highest BCUT2D eigenvalue weighted by atomic mass is 32.1. The summed E-state index contributed by atoms with van der Waals surface area (Å²) < 4.78 is 45.7. The minimum absolute atomic E-state index is 0.0693. The van der Waals surface area contributed by atoms with Gasteiger partial charge in [0.15, 0.2) is 12.1 Å². The lowest BCUT2D eigenvalue weighted by molar-refractivity contribution is -0.149. The molecular weight excluding hydrogens is 617 g/mol. The van der Waals surface area contributed by atoms with Crippen molar-refractivity contribution in [3.63, 3.8) is 0 Å². The first-order chi connectivity index (χ1) is 20.9. The van der Waals surface area contributed by atoms with E-state index < -0.39 is 36.8 Å². The van der Waals surface area contributed by atoms with Gasteiger partial charge in [-0.25, -0.2) is 4.98 Å². The van der Waals surface area contributed by atoms with Crippen LogP contribution in [0, 0.1) is 12.3 Å². The van der Waals surface area contributed by atoms with Gasteiger partial charge < -0.3 is 29.3 Å². The summed E-state index contributed by atoms with van der Waals surface area (Å²) in [5.41, 5.74) is -4.83. The first-order valence-corrected chi connectivity index (χ1v) is 16.6. The molecule has 11 nitrogen and oxygen atoms in total. The van der Waals surface area contributed by atoms with Gasteiger partial charge in [0.05, 0.1) is 10.8 Å². The van der Waals surface area contributed by atoms with Crippen molar-refractivity contribution >= 4 is 46.7 Å². The predicted molar refractivity (Wildman–Crippen MR) is 155 cm³/mol. The van der Waals surface area contributed by atoms with Gasteiger partial charge in [0.1, 0.15) is 17.8 Å². The molecule has 2 aromatic heterocycles. The predicted octanol–water partition coefficient (Wildman–Crippen LogP) is 3.76. The molecule has 3 N–H and O–H groups in total. The van der Waals surface area contributed by atoms with E-state index in [2.05, 4.69) is 16.2 Å². The number of amides is 3. The van der Waals surface area contributed by atoms with Gasteiger partial charge in [0.25, 0.3) is 5.91 Å². The molecule has 3 aromatic rings. The molecule has 0 saturated carbocycles. The van der Waals surface area contributed by atoms with Crippen molar-refractivity contribution < 1.29 is 41.9 Å². The van der Waals surface area contributed by atoms with E-state index in [1.54, 1.807) is 9.80 Å². The Morgan fingerprint density at radius 1 is 1.16 bits per heavy atom. The second-order valence-electron chi connectivity index (χ2n) is 11.4. The Hall–Kier alpha value is -3.63. The molecule has 0 bridgehead atoms. The van der Waals surface area contributed by atoms with Crippen LogP contribution < -0.4 is 5.32 Å². The number of rotatable bonds is 6. The average molecular weight is 647 g/mol. The van der Waals surface area contributed by atoms with Gasteiger partial charge >= 0.3 is 13.3 Å². The molecule has 0 radical (unpaired) electrons. The van der Waals surface area contributed by atoms with Crippen LogP contribution >= 0.6 is 18.9 Å². The Bertz CT molecular complexity index is 1720. The Morgan fingerprint density at radius 3 is 2.64 bits per heavy atom. The highest BCUT2D eigenvalue weighted by Crippen LogP contribution is 2.59. The number of oxazole rings is 1. The number of fused-ring (bicyclic) bond motifs is 2. The second kappa shape index (κ2) is 11.4. The molecule has 44 heavy (non-hydrogen) atoms. The SMILES string of the molecule is C#Cc1ncoc1C1CN(C(=O)[C@@H]2CC[C@@H]3CCCC[C@H](NC(=O)c4cc5cc(C(F)(F)P(=O)(O)O)ccc5s4)C(=O)N32)C1. The third-order valence-corrected chi connectivity index (χ3v) is 10.8. The minimum atomic E-state index is -5.76. The van der Waals surface area contributed by atoms with Crippen LogP contribution in [0.3, 0.4) is 0 Å². The minimum Gasteiger partial charge on any atom is -0.447 e. The number of halogens is 2. The molecule has 5 heterocycles. The molecule has 0 aliphatic carbocycles. The third-order valence-electron chi connectivity index (χ3n) is 8.67. The van der Waals surface area contributed by atoms with Crippen molar-refractivity contribution in [2.45, 2.75) is 68.2 Å². The normalized spacial score (nSPS) is 23.1. The van der Waals surface area contributed by atoms with Crippen LogP contribution in [0.25, 0.3) is 10.1 Å². The van der Waals surface area contributed by atoms with Crippen LogP contribution in [0.1, 0.15) is 71.1 Å². The smallest absolute Gasteiger partial charge is 0.399 e. The van der Waals surface area contributed by atoms with Crippen LogP contribution in [-0.4, -0.2) is 73.5 Å². The van der Waals surface area contributed by atoms with Crippen molar-refractivity contribution in [3.8, 4) is 12.3 Å². The van der Waals surface area contributed by atoms with Gasteiger partial charge in [0.2, 0.25) is 11.8 Å². The van der Waals surface area contributed by atoms with Crippen LogP contribution in [0.4, 0.5) is 8.78 Å². The van der Waals surface area contributed by atoms with Gasteiger partial charge in [-0.2, -0.15) is 8.78 Å². The first-order valence-electron chi connectivity index (χ1n) is 14.2. The largest absolute Gasteiger partial charge is 0.447 e. The quantitative estimate of drug-likeness (QED) is 0.271. The van der Waals surface area contributed by atoms with Crippen LogP contribution in [0.15, 0.2) is 35.1 Å². The Balaban J connectivity index is 1.16. The fourth-order valence-corrected chi connectivity index (χ4v) is 7.76. The van der Waals surface area contributed by atoms with Crippen molar-refractivity contribution in [1.82, 2.24) is 20.1 Å². The molecule has 3 aliphatic heterocycles. The maximum atomic E-state index is 14.2. The second-order valence-corrected chi connectivity index (χ2v) is 14.1. The molecule has 3 saturated heterocycles. The van der Waals surface area contributed by atoms with Crippen LogP contribution in [-0.2, 0) is 19.8 Å². The fraction of sp³-hybridized carbons (Fsp3) is 0.448. The monoisotopic (exact) mass is 646 g/mol. The highest BCUT2D eigenvalue weighted by Gasteiger charge is 2.51. The van der Waals surface area contributed by atoms with E-state index in [0.717, 1.165) is 36.3 Å². The van der Waals surface area contributed by atoms with E-state index in [4.69, 9.17) is 20.6 Å². The molecule has 3 aliphatic rings. The van der Waals surface area contributed by atoms with Gasteiger partial charge in [-0.3, -0.25) is 18.9 Å². The number of thiophene rings is 1. The molecule has 3 amide bonds. The van der Waals surface area contributed by atoms with Gasteiger partial charge in [-0.05, 0) is 55.2 Å². The standard InChI is InChI=1S/C29H29F2N4O7PS/c1-2-20-25(42-15-32-20)17-13-34(14-17)28(38)22-9-8-19-5-3-4-6-21(27(37)35(19)22)33-26(36)24-12-16-11-18(7-10-23(16)44-24)29(30,31)43(39,40)41/h1,7,10-12,15,17,19,21-22H,3-6,8-9,13-14H2,(H,33,36)(H2,39,40,41)/t19-,21-,22-/m0/s1. The molecule has 15 heteroatoms. The van der Waals surface area contributed by atoms with Crippen molar-refractivity contribution in [1.29, 1.82) is 0 Å². The van der Waals surface area contributed by atoms with Crippen LogP contribution in [0.5, 0.6) is 0 Å². The molecule has 232 valence electrons. The van der Waals surface area contributed by atoms with E-state index in [9.17, 15) is 27.7 Å². The lowest BCUT2D eigenvalue weighted by Crippen LogP contribution is -2.59. The number of benzene rings is 1. The molecule has 6 rings (SSSR count). The van der Waals surface area contributed by atoms with E-state index in [1.807, 2.05) is 0 Å². The van der Waals surface area contributed by atoms with E-state index in [-0.39, 0.29) is 34.0 Å². The number of carbonyl (C=O) groups is 3. The van der Waals surface area contributed by atoms with E-state index in [0.29, 0.717) is 54.9 Å². The zero-order chi connectivity index (χ0) is 31.4. The summed E-state index contributed by atoms with van der Waals surface area (Å²) >= 11 is 1.01. The maximum Gasteiger partial charge on any atom is 0.399 e. The van der Waals surface area contributed by atoms with Crippen molar-refractivity contribution in [2.24, 2.45) is 0 Å². The summed E-state index contributed by atoms with van der Waals surface area (Å²) in [7, 11) is -5.76.